The smallest absolute Gasteiger partial charge is 0.316 e. The first-order valence-electron chi connectivity index (χ1n) is 8.50. The van der Waals surface area contributed by atoms with Crippen LogP contribution in [-0.2, 0) is 11.3 Å². The van der Waals surface area contributed by atoms with Crippen molar-refractivity contribution in [2.24, 2.45) is 0 Å². The number of hydrogen-bond donors (Lipinski definition) is 0. The summed E-state index contributed by atoms with van der Waals surface area (Å²) in [5, 5.41) is 0. The number of pyridine rings is 1. The monoisotopic (exact) mass is 326 g/mol. The molecule has 1 spiro atoms. The molecule has 126 valence electrons. The number of ether oxygens (including phenoxy) is 2. The summed E-state index contributed by atoms with van der Waals surface area (Å²) in [6.07, 6.45) is 10.3. The predicted octanol–water partition coefficient (Wildman–Crippen LogP) is 2.07. The van der Waals surface area contributed by atoms with Crippen LogP contribution in [0.25, 0.3) is 0 Å². The van der Waals surface area contributed by atoms with E-state index in [9.17, 15) is 0 Å². The van der Waals surface area contributed by atoms with Gasteiger partial charge in [-0.1, -0.05) is 0 Å². The van der Waals surface area contributed by atoms with Gasteiger partial charge in [0.2, 0.25) is 0 Å². The highest BCUT2D eigenvalue weighted by Crippen LogP contribution is 2.36. The molecule has 2 aromatic rings. The summed E-state index contributed by atoms with van der Waals surface area (Å²) >= 11 is 0. The molecule has 0 aliphatic carbocycles. The minimum absolute atomic E-state index is 0.0354. The highest BCUT2D eigenvalue weighted by atomic mass is 16.6. The molecule has 0 bridgehead atoms. The standard InChI is InChI=1S/C18H22N4O2/c1-5-18(14-22(10-1)12-15-3-8-19-9-4-15)11-16(13-23-18)24-17-20-6-2-7-21-17/h2-4,6-9,16H,1,5,10-14H2. The molecule has 0 aromatic carbocycles. The number of hydrogen-bond acceptors (Lipinski definition) is 6. The average Bonchev–Trinajstić information content (AvgIpc) is 2.98. The zero-order valence-electron chi connectivity index (χ0n) is 13.7. The Hall–Kier alpha value is -2.05. The summed E-state index contributed by atoms with van der Waals surface area (Å²) in [7, 11) is 0. The van der Waals surface area contributed by atoms with Crippen LogP contribution < -0.4 is 4.74 Å². The molecule has 2 aliphatic rings. The van der Waals surface area contributed by atoms with E-state index in [4.69, 9.17) is 9.47 Å². The van der Waals surface area contributed by atoms with Crippen molar-refractivity contribution >= 4 is 0 Å². The molecule has 2 aromatic heterocycles. The SMILES string of the molecule is c1cnc(OC2COC3(CCCN(Cc4ccncc4)C3)C2)nc1. The van der Waals surface area contributed by atoms with Crippen LogP contribution in [0.1, 0.15) is 24.8 Å². The maximum Gasteiger partial charge on any atom is 0.316 e. The maximum absolute atomic E-state index is 6.20. The quantitative estimate of drug-likeness (QED) is 0.857. The fraction of sp³-hybridized carbons (Fsp3) is 0.500. The first-order chi connectivity index (χ1) is 11.8. The summed E-state index contributed by atoms with van der Waals surface area (Å²) in [4.78, 5) is 14.8. The third-order valence-electron chi connectivity index (χ3n) is 4.76. The van der Waals surface area contributed by atoms with Gasteiger partial charge in [0.15, 0.2) is 0 Å². The van der Waals surface area contributed by atoms with Crippen LogP contribution in [0.2, 0.25) is 0 Å². The summed E-state index contributed by atoms with van der Waals surface area (Å²) in [6, 6.07) is 6.38. The highest BCUT2D eigenvalue weighted by Gasteiger charge is 2.44. The van der Waals surface area contributed by atoms with Gasteiger partial charge in [0.25, 0.3) is 0 Å². The second kappa shape index (κ2) is 6.83. The van der Waals surface area contributed by atoms with Crippen LogP contribution in [0, 0.1) is 0 Å². The molecule has 24 heavy (non-hydrogen) atoms. The van der Waals surface area contributed by atoms with E-state index in [-0.39, 0.29) is 11.7 Å². The third kappa shape index (κ3) is 3.55. The summed E-state index contributed by atoms with van der Waals surface area (Å²) < 4.78 is 12.1. The predicted molar refractivity (Wildman–Crippen MR) is 88.5 cm³/mol. The van der Waals surface area contributed by atoms with E-state index in [0.29, 0.717) is 12.6 Å². The molecule has 0 saturated carbocycles. The first kappa shape index (κ1) is 15.5. The Labute approximate surface area is 141 Å². The lowest BCUT2D eigenvalue weighted by molar-refractivity contribution is -0.0538. The van der Waals surface area contributed by atoms with Gasteiger partial charge in [0.1, 0.15) is 6.10 Å². The van der Waals surface area contributed by atoms with Crippen molar-refractivity contribution in [1.82, 2.24) is 19.9 Å². The van der Waals surface area contributed by atoms with Gasteiger partial charge >= 0.3 is 6.01 Å². The van der Waals surface area contributed by atoms with Crippen molar-refractivity contribution < 1.29 is 9.47 Å². The Morgan fingerprint density at radius 1 is 1.21 bits per heavy atom. The van der Waals surface area contributed by atoms with E-state index >= 15 is 0 Å². The van der Waals surface area contributed by atoms with Crippen molar-refractivity contribution in [2.45, 2.75) is 37.5 Å². The topological polar surface area (TPSA) is 60.4 Å². The number of piperidine rings is 1. The van der Waals surface area contributed by atoms with Crippen molar-refractivity contribution in [3.8, 4) is 6.01 Å². The second-order valence-electron chi connectivity index (χ2n) is 6.64. The molecular weight excluding hydrogens is 304 g/mol. The minimum atomic E-state index is -0.0925. The Morgan fingerprint density at radius 3 is 2.88 bits per heavy atom. The third-order valence-corrected chi connectivity index (χ3v) is 4.76. The second-order valence-corrected chi connectivity index (χ2v) is 6.64. The molecule has 2 saturated heterocycles. The van der Waals surface area contributed by atoms with Gasteiger partial charge in [0.05, 0.1) is 12.2 Å². The Kier molecular flexibility index (Phi) is 4.40. The van der Waals surface area contributed by atoms with Crippen molar-refractivity contribution in [3.63, 3.8) is 0 Å². The van der Waals surface area contributed by atoms with Gasteiger partial charge in [-0.2, -0.15) is 0 Å². The van der Waals surface area contributed by atoms with Crippen LogP contribution in [0.4, 0.5) is 0 Å². The molecule has 2 unspecified atom stereocenters. The Balaban J connectivity index is 1.37. The molecule has 6 nitrogen and oxygen atoms in total. The lowest BCUT2D eigenvalue weighted by atomic mass is 9.89. The zero-order chi connectivity index (χ0) is 16.2. The molecule has 0 radical (unpaired) electrons. The van der Waals surface area contributed by atoms with Crippen LogP contribution in [0.15, 0.2) is 43.0 Å². The normalized spacial score (nSPS) is 27.4. The van der Waals surface area contributed by atoms with Gasteiger partial charge < -0.3 is 9.47 Å². The number of rotatable bonds is 4. The molecule has 0 N–H and O–H groups in total. The van der Waals surface area contributed by atoms with Gasteiger partial charge in [-0.3, -0.25) is 9.88 Å². The van der Waals surface area contributed by atoms with Gasteiger partial charge in [-0.05, 0) is 43.1 Å². The van der Waals surface area contributed by atoms with E-state index in [0.717, 1.165) is 38.9 Å². The van der Waals surface area contributed by atoms with E-state index in [2.05, 4.69) is 32.0 Å². The average molecular weight is 326 g/mol. The Bertz CT molecular complexity index is 655. The molecular formula is C18H22N4O2. The first-order valence-corrected chi connectivity index (χ1v) is 8.50. The zero-order valence-corrected chi connectivity index (χ0v) is 13.7. The summed E-state index contributed by atoms with van der Waals surface area (Å²) in [6.45, 7) is 3.62. The molecule has 4 heterocycles. The molecule has 0 amide bonds. The molecule has 4 rings (SSSR count). The summed E-state index contributed by atoms with van der Waals surface area (Å²) in [5.41, 5.74) is 1.20. The van der Waals surface area contributed by atoms with E-state index in [1.807, 2.05) is 12.4 Å². The van der Waals surface area contributed by atoms with Crippen molar-refractivity contribution in [1.29, 1.82) is 0 Å². The van der Waals surface area contributed by atoms with Crippen LogP contribution in [0.3, 0.4) is 0 Å². The Morgan fingerprint density at radius 2 is 2.04 bits per heavy atom. The molecule has 2 atom stereocenters. The van der Waals surface area contributed by atoms with Crippen molar-refractivity contribution in [3.05, 3.63) is 48.5 Å². The lowest BCUT2D eigenvalue weighted by Crippen LogP contribution is -2.47. The van der Waals surface area contributed by atoms with E-state index in [1.165, 1.54) is 5.56 Å². The van der Waals surface area contributed by atoms with E-state index in [1.54, 1.807) is 18.5 Å². The van der Waals surface area contributed by atoms with Gasteiger partial charge in [-0.25, -0.2) is 9.97 Å². The lowest BCUT2D eigenvalue weighted by Gasteiger charge is -2.39. The fourth-order valence-electron chi connectivity index (χ4n) is 3.73. The van der Waals surface area contributed by atoms with Gasteiger partial charge in [0, 0.05) is 44.3 Å². The van der Waals surface area contributed by atoms with Crippen molar-refractivity contribution in [2.75, 3.05) is 19.7 Å². The minimum Gasteiger partial charge on any atom is -0.458 e. The maximum atomic E-state index is 6.20. The van der Waals surface area contributed by atoms with Gasteiger partial charge in [-0.15, -0.1) is 0 Å². The fourth-order valence-corrected chi connectivity index (χ4v) is 3.73. The molecule has 6 heteroatoms. The molecule has 2 fully saturated rings. The number of aromatic nitrogens is 3. The van der Waals surface area contributed by atoms with Crippen LogP contribution >= 0.6 is 0 Å². The largest absolute Gasteiger partial charge is 0.458 e. The number of likely N-dealkylation sites (tertiary alicyclic amines) is 1. The summed E-state index contributed by atoms with van der Waals surface area (Å²) in [5.74, 6) is 0. The van der Waals surface area contributed by atoms with E-state index < -0.39 is 0 Å². The van der Waals surface area contributed by atoms with Crippen LogP contribution in [0.5, 0.6) is 6.01 Å². The number of nitrogens with zero attached hydrogens (tertiary/aromatic N) is 4. The molecule has 2 aliphatic heterocycles. The van der Waals surface area contributed by atoms with Crippen LogP contribution in [-0.4, -0.2) is 51.3 Å². The highest BCUT2D eigenvalue weighted by molar-refractivity contribution is 5.10.